The summed E-state index contributed by atoms with van der Waals surface area (Å²) in [5, 5.41) is 4.08. The van der Waals surface area contributed by atoms with Gasteiger partial charge in [-0.3, -0.25) is 4.79 Å². The summed E-state index contributed by atoms with van der Waals surface area (Å²) in [6.07, 6.45) is 2.67. The molecule has 5 heteroatoms. The van der Waals surface area contributed by atoms with Gasteiger partial charge in [0.25, 0.3) is 0 Å². The van der Waals surface area contributed by atoms with Crippen molar-refractivity contribution in [2.24, 2.45) is 0 Å². The molecule has 0 spiro atoms. The third-order valence-corrected chi connectivity index (χ3v) is 4.46. The van der Waals surface area contributed by atoms with Gasteiger partial charge in [-0.25, -0.2) is 0 Å². The van der Waals surface area contributed by atoms with Gasteiger partial charge in [0.15, 0.2) is 0 Å². The highest BCUT2D eigenvalue weighted by Gasteiger charge is 2.30. The second-order valence-corrected chi connectivity index (χ2v) is 6.14. The number of hydrogen-bond donors (Lipinski definition) is 1. The fourth-order valence-corrected chi connectivity index (χ4v) is 3.33. The zero-order valence-electron chi connectivity index (χ0n) is 12.1. The molecule has 21 heavy (non-hydrogen) atoms. The molecule has 0 aromatic heterocycles. The van der Waals surface area contributed by atoms with Crippen LogP contribution in [0.25, 0.3) is 0 Å². The molecule has 1 amide bonds. The average Bonchev–Trinajstić information content (AvgIpc) is 3.00. The molecule has 2 heterocycles. The first-order valence-electron chi connectivity index (χ1n) is 7.61. The Hall–Kier alpha value is -1.10. The van der Waals surface area contributed by atoms with Gasteiger partial charge < -0.3 is 15.0 Å². The van der Waals surface area contributed by atoms with Crippen LogP contribution in [0, 0.1) is 0 Å². The minimum absolute atomic E-state index is 0.0614. The third-order valence-electron chi connectivity index (χ3n) is 4.22. The molecule has 2 aliphatic heterocycles. The second kappa shape index (κ2) is 6.77. The first-order chi connectivity index (χ1) is 10.2. The van der Waals surface area contributed by atoms with E-state index in [1.165, 1.54) is 0 Å². The Morgan fingerprint density at radius 2 is 2.38 bits per heavy atom. The number of amides is 1. The van der Waals surface area contributed by atoms with Crippen molar-refractivity contribution in [2.45, 2.75) is 31.4 Å². The number of piperazine rings is 1. The average molecular weight is 309 g/mol. The van der Waals surface area contributed by atoms with Crippen molar-refractivity contribution >= 4 is 17.5 Å². The summed E-state index contributed by atoms with van der Waals surface area (Å²) in [7, 11) is 0. The summed E-state index contributed by atoms with van der Waals surface area (Å²) in [5.74, 6) is 0.188. The molecule has 1 aromatic carbocycles. The van der Waals surface area contributed by atoms with Crippen molar-refractivity contribution < 1.29 is 9.53 Å². The third kappa shape index (κ3) is 3.57. The van der Waals surface area contributed by atoms with Crippen LogP contribution in [0.15, 0.2) is 24.3 Å². The van der Waals surface area contributed by atoms with Crippen LogP contribution in [0.1, 0.15) is 30.9 Å². The number of carbonyl (C=O) groups excluding carboxylic acids is 1. The number of halogens is 1. The first kappa shape index (κ1) is 14.8. The summed E-state index contributed by atoms with van der Waals surface area (Å²) in [4.78, 5) is 14.6. The quantitative estimate of drug-likeness (QED) is 0.932. The first-order valence-corrected chi connectivity index (χ1v) is 7.99. The highest BCUT2D eigenvalue weighted by Crippen LogP contribution is 2.26. The SMILES string of the molecule is O=C(CC1CCCO1)N1CCNCC1c1cccc(Cl)c1. The molecule has 1 N–H and O–H groups in total. The van der Waals surface area contributed by atoms with E-state index in [1.54, 1.807) is 0 Å². The Morgan fingerprint density at radius 3 is 3.14 bits per heavy atom. The normalized spacial score (nSPS) is 26.0. The molecule has 3 rings (SSSR count). The maximum absolute atomic E-state index is 12.6. The number of nitrogens with zero attached hydrogens (tertiary/aromatic N) is 1. The second-order valence-electron chi connectivity index (χ2n) is 5.70. The van der Waals surface area contributed by atoms with Crippen molar-refractivity contribution in [3.05, 3.63) is 34.9 Å². The Balaban J connectivity index is 1.72. The van der Waals surface area contributed by atoms with Crippen LogP contribution >= 0.6 is 11.6 Å². The summed E-state index contributed by atoms with van der Waals surface area (Å²) in [6.45, 7) is 3.14. The minimum atomic E-state index is 0.0614. The summed E-state index contributed by atoms with van der Waals surface area (Å²) < 4.78 is 5.59. The number of rotatable bonds is 3. The van der Waals surface area contributed by atoms with Crippen LogP contribution in [0.5, 0.6) is 0 Å². The van der Waals surface area contributed by atoms with E-state index in [4.69, 9.17) is 16.3 Å². The Kier molecular flexibility index (Phi) is 4.78. The van der Waals surface area contributed by atoms with E-state index in [0.29, 0.717) is 11.4 Å². The molecule has 0 radical (unpaired) electrons. The summed E-state index contributed by atoms with van der Waals surface area (Å²) in [5.41, 5.74) is 1.09. The number of nitrogens with one attached hydrogen (secondary N) is 1. The van der Waals surface area contributed by atoms with Crippen molar-refractivity contribution in [1.82, 2.24) is 10.2 Å². The standard InChI is InChI=1S/C16H21ClN2O2/c17-13-4-1-3-12(9-13)15-11-18-6-7-19(15)16(20)10-14-5-2-8-21-14/h1,3-4,9,14-15,18H,2,5-8,10-11H2. The lowest BCUT2D eigenvalue weighted by molar-refractivity contribution is -0.136. The van der Waals surface area contributed by atoms with E-state index in [-0.39, 0.29) is 18.1 Å². The lowest BCUT2D eigenvalue weighted by Crippen LogP contribution is -2.49. The van der Waals surface area contributed by atoms with Gasteiger partial charge in [0, 0.05) is 31.3 Å². The fourth-order valence-electron chi connectivity index (χ4n) is 3.13. The molecule has 2 aliphatic rings. The van der Waals surface area contributed by atoms with Gasteiger partial charge in [-0.1, -0.05) is 23.7 Å². The van der Waals surface area contributed by atoms with Gasteiger partial charge in [-0.05, 0) is 30.5 Å². The van der Waals surface area contributed by atoms with Crippen LogP contribution in [-0.4, -0.2) is 43.2 Å². The van der Waals surface area contributed by atoms with Crippen molar-refractivity contribution in [3.8, 4) is 0 Å². The molecule has 0 saturated carbocycles. The summed E-state index contributed by atoms with van der Waals surface area (Å²) in [6, 6.07) is 7.85. The van der Waals surface area contributed by atoms with Gasteiger partial charge in [0.1, 0.15) is 0 Å². The van der Waals surface area contributed by atoms with Crippen molar-refractivity contribution in [1.29, 1.82) is 0 Å². The molecule has 2 atom stereocenters. The van der Waals surface area contributed by atoms with Gasteiger partial charge in [0.05, 0.1) is 18.6 Å². The van der Waals surface area contributed by atoms with E-state index >= 15 is 0 Å². The van der Waals surface area contributed by atoms with Gasteiger partial charge in [-0.2, -0.15) is 0 Å². The maximum Gasteiger partial charge on any atom is 0.225 e. The van der Waals surface area contributed by atoms with E-state index in [0.717, 1.165) is 44.6 Å². The zero-order valence-corrected chi connectivity index (χ0v) is 12.8. The molecule has 0 aliphatic carbocycles. The Morgan fingerprint density at radius 1 is 1.48 bits per heavy atom. The van der Waals surface area contributed by atoms with Crippen LogP contribution in [0.2, 0.25) is 5.02 Å². The molecule has 2 unspecified atom stereocenters. The summed E-state index contributed by atoms with van der Waals surface area (Å²) >= 11 is 6.08. The largest absolute Gasteiger partial charge is 0.378 e. The van der Waals surface area contributed by atoms with Crippen LogP contribution in [0.3, 0.4) is 0 Å². The number of benzene rings is 1. The predicted octanol–water partition coefficient (Wildman–Crippen LogP) is 2.38. The number of hydrogen-bond acceptors (Lipinski definition) is 3. The molecule has 114 valence electrons. The molecular formula is C16H21ClN2O2. The lowest BCUT2D eigenvalue weighted by Gasteiger charge is -2.37. The maximum atomic E-state index is 12.6. The minimum Gasteiger partial charge on any atom is -0.378 e. The van der Waals surface area contributed by atoms with Crippen LogP contribution in [0.4, 0.5) is 0 Å². The van der Waals surface area contributed by atoms with E-state index in [1.807, 2.05) is 29.2 Å². The van der Waals surface area contributed by atoms with E-state index < -0.39 is 0 Å². The Labute approximate surface area is 130 Å². The van der Waals surface area contributed by atoms with Gasteiger partial charge in [-0.15, -0.1) is 0 Å². The smallest absolute Gasteiger partial charge is 0.225 e. The lowest BCUT2D eigenvalue weighted by atomic mass is 10.0. The Bertz CT molecular complexity index is 503. The van der Waals surface area contributed by atoms with Gasteiger partial charge >= 0.3 is 0 Å². The fraction of sp³-hybridized carbons (Fsp3) is 0.562. The predicted molar refractivity (Wildman–Crippen MR) is 82.4 cm³/mol. The van der Waals surface area contributed by atoms with E-state index in [2.05, 4.69) is 5.32 Å². The molecular weight excluding hydrogens is 288 g/mol. The molecule has 2 fully saturated rings. The molecule has 2 saturated heterocycles. The van der Waals surface area contributed by atoms with E-state index in [9.17, 15) is 4.79 Å². The van der Waals surface area contributed by atoms with Crippen LogP contribution < -0.4 is 5.32 Å². The number of ether oxygens (including phenoxy) is 1. The van der Waals surface area contributed by atoms with Crippen LogP contribution in [-0.2, 0) is 9.53 Å². The van der Waals surface area contributed by atoms with Crippen molar-refractivity contribution in [3.63, 3.8) is 0 Å². The molecule has 4 nitrogen and oxygen atoms in total. The highest BCUT2D eigenvalue weighted by molar-refractivity contribution is 6.30. The molecule has 0 bridgehead atoms. The monoisotopic (exact) mass is 308 g/mol. The highest BCUT2D eigenvalue weighted by atomic mass is 35.5. The van der Waals surface area contributed by atoms with Crippen molar-refractivity contribution in [2.75, 3.05) is 26.2 Å². The topological polar surface area (TPSA) is 41.6 Å². The zero-order chi connectivity index (χ0) is 14.7. The van der Waals surface area contributed by atoms with Gasteiger partial charge in [0.2, 0.25) is 5.91 Å². The number of carbonyl (C=O) groups is 1. The molecule has 1 aromatic rings.